The van der Waals surface area contributed by atoms with Gasteiger partial charge in [-0.15, -0.1) is 0 Å². The predicted molar refractivity (Wildman–Crippen MR) is 29.1 cm³/mol. The molecule has 0 saturated heterocycles. The lowest BCUT2D eigenvalue weighted by Crippen LogP contribution is -2.14. The topological polar surface area (TPSA) is 20.2 Å². The van der Waals surface area contributed by atoms with Crippen molar-refractivity contribution in [3.05, 3.63) is 23.3 Å². The van der Waals surface area contributed by atoms with Crippen LogP contribution in [0.5, 0.6) is 0 Å². The SMILES string of the molecule is OC1C(F)=C(F)CC(F)=C1F. The van der Waals surface area contributed by atoms with Crippen molar-refractivity contribution in [1.29, 1.82) is 0 Å². The average molecular weight is 168 g/mol. The molecule has 0 fully saturated rings. The van der Waals surface area contributed by atoms with Crippen molar-refractivity contribution in [2.45, 2.75) is 12.5 Å². The number of aliphatic hydroxyl groups excluding tert-OH is 1. The van der Waals surface area contributed by atoms with Crippen LogP contribution >= 0.6 is 0 Å². The molecule has 62 valence electrons. The van der Waals surface area contributed by atoms with Gasteiger partial charge in [-0.2, -0.15) is 0 Å². The van der Waals surface area contributed by atoms with Crippen LogP contribution in [0, 0.1) is 0 Å². The Morgan fingerprint density at radius 1 is 1.00 bits per heavy atom. The van der Waals surface area contributed by atoms with Gasteiger partial charge in [0.15, 0.2) is 17.8 Å². The summed E-state index contributed by atoms with van der Waals surface area (Å²) in [6, 6.07) is 0. The zero-order valence-corrected chi connectivity index (χ0v) is 5.24. The monoisotopic (exact) mass is 168 g/mol. The number of hydrogen-bond acceptors (Lipinski definition) is 1. The molecule has 0 unspecified atom stereocenters. The predicted octanol–water partition coefficient (Wildman–Crippen LogP) is 2.05. The van der Waals surface area contributed by atoms with E-state index in [1.54, 1.807) is 0 Å². The Morgan fingerprint density at radius 2 is 1.36 bits per heavy atom. The van der Waals surface area contributed by atoms with E-state index < -0.39 is 35.8 Å². The summed E-state index contributed by atoms with van der Waals surface area (Å²) in [4.78, 5) is 0. The highest BCUT2D eigenvalue weighted by Crippen LogP contribution is 2.32. The van der Waals surface area contributed by atoms with E-state index in [1.807, 2.05) is 0 Å². The van der Waals surface area contributed by atoms with Crippen LogP contribution in [-0.4, -0.2) is 11.2 Å². The van der Waals surface area contributed by atoms with Crippen molar-refractivity contribution < 1.29 is 22.7 Å². The molecule has 1 aliphatic carbocycles. The van der Waals surface area contributed by atoms with Crippen molar-refractivity contribution in [1.82, 2.24) is 0 Å². The van der Waals surface area contributed by atoms with Crippen LogP contribution in [0.25, 0.3) is 0 Å². The van der Waals surface area contributed by atoms with Gasteiger partial charge in [-0.1, -0.05) is 0 Å². The molecule has 0 atom stereocenters. The van der Waals surface area contributed by atoms with Crippen molar-refractivity contribution >= 4 is 0 Å². The molecular formula is C6H4F4O. The maximum absolute atomic E-state index is 12.2. The highest BCUT2D eigenvalue weighted by molar-refractivity contribution is 5.27. The van der Waals surface area contributed by atoms with Crippen LogP contribution in [0.1, 0.15) is 6.42 Å². The number of rotatable bonds is 0. The minimum absolute atomic E-state index is 1.05. The van der Waals surface area contributed by atoms with Crippen molar-refractivity contribution in [2.75, 3.05) is 0 Å². The first-order valence-electron chi connectivity index (χ1n) is 2.80. The summed E-state index contributed by atoms with van der Waals surface area (Å²) in [7, 11) is 0. The second kappa shape index (κ2) is 2.65. The van der Waals surface area contributed by atoms with Crippen LogP contribution < -0.4 is 0 Å². The molecule has 0 radical (unpaired) electrons. The van der Waals surface area contributed by atoms with Gasteiger partial charge in [-0.25, -0.2) is 17.6 Å². The first kappa shape index (κ1) is 8.26. The third kappa shape index (κ3) is 1.28. The standard InChI is InChI=1S/C6H4F4O/c7-2-1-3(8)5(10)6(11)4(2)9/h6,11H,1H2. The Labute approximate surface area is 59.6 Å². The molecule has 1 rings (SSSR count). The first-order chi connectivity index (χ1) is 5.04. The second-order valence-corrected chi connectivity index (χ2v) is 2.08. The molecule has 5 heteroatoms. The van der Waals surface area contributed by atoms with Gasteiger partial charge in [0.2, 0.25) is 0 Å². The molecule has 1 N–H and O–H groups in total. The molecule has 0 bridgehead atoms. The smallest absolute Gasteiger partial charge is 0.167 e. The van der Waals surface area contributed by atoms with E-state index in [-0.39, 0.29) is 0 Å². The van der Waals surface area contributed by atoms with Crippen molar-refractivity contribution in [2.24, 2.45) is 0 Å². The molecule has 1 aliphatic rings. The zero-order valence-electron chi connectivity index (χ0n) is 5.24. The van der Waals surface area contributed by atoms with Gasteiger partial charge in [-0.3, -0.25) is 0 Å². The quantitative estimate of drug-likeness (QED) is 0.549. The molecule has 0 amide bonds. The van der Waals surface area contributed by atoms with E-state index >= 15 is 0 Å². The third-order valence-electron chi connectivity index (χ3n) is 1.31. The van der Waals surface area contributed by atoms with E-state index in [0.717, 1.165) is 0 Å². The van der Waals surface area contributed by atoms with Crippen molar-refractivity contribution in [3.8, 4) is 0 Å². The molecule has 0 aromatic carbocycles. The summed E-state index contributed by atoms with van der Waals surface area (Å²) in [6.45, 7) is 0. The van der Waals surface area contributed by atoms with Crippen molar-refractivity contribution in [3.63, 3.8) is 0 Å². The van der Waals surface area contributed by atoms with Gasteiger partial charge in [0.1, 0.15) is 11.7 Å². The first-order valence-corrected chi connectivity index (χ1v) is 2.80. The number of halogens is 4. The normalized spacial score (nSPS) is 21.5. The fourth-order valence-corrected chi connectivity index (χ4v) is 0.713. The summed E-state index contributed by atoms with van der Waals surface area (Å²) in [6.07, 6.45) is -3.45. The van der Waals surface area contributed by atoms with Gasteiger partial charge in [0, 0.05) is 0 Å². The van der Waals surface area contributed by atoms with E-state index in [2.05, 4.69) is 0 Å². The highest BCUT2D eigenvalue weighted by Gasteiger charge is 2.30. The highest BCUT2D eigenvalue weighted by atomic mass is 19.2. The Kier molecular flexibility index (Phi) is 1.99. The van der Waals surface area contributed by atoms with E-state index in [1.165, 1.54) is 0 Å². The van der Waals surface area contributed by atoms with Crippen LogP contribution in [0.15, 0.2) is 23.3 Å². The lowest BCUT2D eigenvalue weighted by atomic mass is 10.1. The van der Waals surface area contributed by atoms with Gasteiger partial charge < -0.3 is 5.11 Å². The third-order valence-corrected chi connectivity index (χ3v) is 1.31. The fourth-order valence-electron chi connectivity index (χ4n) is 0.713. The summed E-state index contributed by atoms with van der Waals surface area (Å²) in [5.41, 5.74) is 0. The summed E-state index contributed by atoms with van der Waals surface area (Å²) >= 11 is 0. The molecule has 1 nitrogen and oxygen atoms in total. The Hall–Kier alpha value is -0.840. The van der Waals surface area contributed by atoms with E-state index in [4.69, 9.17) is 5.11 Å². The van der Waals surface area contributed by atoms with Gasteiger partial charge in [0.25, 0.3) is 0 Å². The number of allylic oxidation sites excluding steroid dienone is 2. The Morgan fingerprint density at radius 3 is 1.73 bits per heavy atom. The Balaban J connectivity index is 2.98. The summed E-state index contributed by atoms with van der Waals surface area (Å²) in [5, 5.41) is 8.44. The Bertz CT molecular complexity index is 219. The fraction of sp³-hybridized carbons (Fsp3) is 0.333. The van der Waals surface area contributed by atoms with Crippen LogP contribution in [-0.2, 0) is 0 Å². The molecule has 0 aromatic rings. The molecular weight excluding hydrogens is 164 g/mol. The molecule has 0 aromatic heterocycles. The summed E-state index contributed by atoms with van der Waals surface area (Å²) in [5.74, 6) is -6.22. The number of hydrogen-bond donors (Lipinski definition) is 1. The number of aliphatic hydroxyl groups is 1. The lowest BCUT2D eigenvalue weighted by Gasteiger charge is -2.12. The van der Waals surface area contributed by atoms with Gasteiger partial charge >= 0.3 is 0 Å². The van der Waals surface area contributed by atoms with Crippen LogP contribution in [0.4, 0.5) is 17.6 Å². The van der Waals surface area contributed by atoms with Crippen LogP contribution in [0.3, 0.4) is 0 Å². The average Bonchev–Trinajstić information content (AvgIpc) is 1.97. The maximum Gasteiger partial charge on any atom is 0.167 e. The van der Waals surface area contributed by atoms with Gasteiger partial charge in [-0.05, 0) is 0 Å². The lowest BCUT2D eigenvalue weighted by molar-refractivity contribution is 0.169. The van der Waals surface area contributed by atoms with E-state index in [0.29, 0.717) is 0 Å². The molecule has 0 aliphatic heterocycles. The molecule has 0 heterocycles. The molecule has 11 heavy (non-hydrogen) atoms. The minimum Gasteiger partial charge on any atom is -0.379 e. The van der Waals surface area contributed by atoms with E-state index in [9.17, 15) is 17.6 Å². The van der Waals surface area contributed by atoms with Crippen LogP contribution in [0.2, 0.25) is 0 Å². The minimum atomic E-state index is -2.40. The summed E-state index contributed by atoms with van der Waals surface area (Å²) < 4.78 is 48.7. The second-order valence-electron chi connectivity index (χ2n) is 2.08. The maximum atomic E-state index is 12.2. The molecule has 0 spiro atoms. The van der Waals surface area contributed by atoms with Gasteiger partial charge in [0.05, 0.1) is 6.42 Å². The molecule has 0 saturated carbocycles. The largest absolute Gasteiger partial charge is 0.379 e. The zero-order chi connectivity index (χ0) is 8.59.